The van der Waals surface area contributed by atoms with Crippen LogP contribution in [0.4, 0.5) is 10.5 Å². The number of amides is 3. The highest BCUT2D eigenvalue weighted by molar-refractivity contribution is 5.90. The zero-order valence-electron chi connectivity index (χ0n) is 24.1. The van der Waals surface area contributed by atoms with E-state index in [2.05, 4.69) is 53.0 Å². The minimum atomic E-state index is -0.578. The Labute approximate surface area is 239 Å². The smallest absolute Gasteiger partial charge is 0.322 e. The predicted molar refractivity (Wildman–Crippen MR) is 159 cm³/mol. The summed E-state index contributed by atoms with van der Waals surface area (Å²) in [6, 6.07) is 18.2. The largest absolute Gasteiger partial charge is 0.339 e. The van der Waals surface area contributed by atoms with Crippen molar-refractivity contribution in [2.24, 2.45) is 11.8 Å². The lowest BCUT2D eigenvalue weighted by molar-refractivity contribution is -0.268. The van der Waals surface area contributed by atoms with Gasteiger partial charge in [0.25, 0.3) is 0 Å². The Kier molecular flexibility index (Phi) is 8.91. The van der Waals surface area contributed by atoms with Gasteiger partial charge in [-0.05, 0) is 49.8 Å². The predicted octanol–water partition coefficient (Wildman–Crippen LogP) is 5.97. The Balaban J connectivity index is 1.27. The summed E-state index contributed by atoms with van der Waals surface area (Å²) in [6.45, 7) is 11.3. The van der Waals surface area contributed by atoms with Crippen LogP contribution in [0, 0.1) is 18.8 Å². The van der Waals surface area contributed by atoms with Gasteiger partial charge in [-0.15, -0.1) is 6.58 Å². The van der Waals surface area contributed by atoms with Gasteiger partial charge in [-0.1, -0.05) is 74.4 Å². The fourth-order valence-electron chi connectivity index (χ4n) is 6.76. The van der Waals surface area contributed by atoms with Crippen LogP contribution in [0.2, 0.25) is 0 Å². The first-order valence-corrected chi connectivity index (χ1v) is 14.9. The molecule has 2 aromatic rings. The number of benzene rings is 2. The molecule has 1 aliphatic carbocycles. The summed E-state index contributed by atoms with van der Waals surface area (Å²) in [5, 5.41) is 5.17. The van der Waals surface area contributed by atoms with Crippen LogP contribution in [0.25, 0.3) is 0 Å². The van der Waals surface area contributed by atoms with E-state index in [1.165, 1.54) is 0 Å². The Hall–Kier alpha value is -3.16. The highest BCUT2D eigenvalue weighted by Crippen LogP contribution is 2.43. The Morgan fingerprint density at radius 2 is 1.73 bits per heavy atom. The Bertz CT molecular complexity index is 1170. The van der Waals surface area contributed by atoms with E-state index in [1.807, 2.05) is 42.2 Å². The number of anilines is 1. The molecule has 214 valence electrons. The van der Waals surface area contributed by atoms with Gasteiger partial charge in [-0.3, -0.25) is 9.63 Å². The highest BCUT2D eigenvalue weighted by Gasteiger charge is 2.51. The number of hydrogen-bond donors (Lipinski definition) is 1. The number of piperidine rings is 1. The molecule has 3 aliphatic rings. The second kappa shape index (κ2) is 12.6. The fraction of sp³-hybridized carbons (Fsp3) is 0.515. The lowest BCUT2D eigenvalue weighted by Gasteiger charge is -2.42. The molecule has 7 nitrogen and oxygen atoms in total. The van der Waals surface area contributed by atoms with Crippen molar-refractivity contribution in [1.82, 2.24) is 14.9 Å². The van der Waals surface area contributed by atoms with Gasteiger partial charge in [-0.2, -0.15) is 5.06 Å². The van der Waals surface area contributed by atoms with Crippen molar-refractivity contribution in [3.8, 4) is 0 Å². The van der Waals surface area contributed by atoms with Gasteiger partial charge in [-0.25, -0.2) is 4.79 Å². The van der Waals surface area contributed by atoms with E-state index in [1.54, 1.807) is 6.08 Å². The molecule has 2 saturated heterocycles. The van der Waals surface area contributed by atoms with Gasteiger partial charge in [0.05, 0.1) is 6.54 Å². The standard InChI is InChI=1S/C33H44N4O3/c1-4-20-37(32(39)34-30-17-11-8-12-25(30)2)29-18-21-36(22-19-29)40-33(28-15-6-5-7-16-28)24-35(23-26(33)3)31(38)27-13-9-10-14-27/h4-8,11-12,15-17,26-27,29H,1,9-10,13-14,18-24H2,2-3H3,(H,34,39)/t26-,33+/m0/s1. The second-order valence-electron chi connectivity index (χ2n) is 11.8. The molecule has 2 atom stereocenters. The van der Waals surface area contributed by atoms with E-state index < -0.39 is 5.60 Å². The number of para-hydroxylation sites is 1. The first-order valence-electron chi connectivity index (χ1n) is 14.9. The molecule has 0 spiro atoms. The summed E-state index contributed by atoms with van der Waals surface area (Å²) in [7, 11) is 0. The van der Waals surface area contributed by atoms with Gasteiger partial charge in [0.1, 0.15) is 5.60 Å². The van der Waals surface area contributed by atoms with E-state index >= 15 is 0 Å². The summed E-state index contributed by atoms with van der Waals surface area (Å²) >= 11 is 0. The molecule has 0 radical (unpaired) electrons. The number of carbonyl (C=O) groups excluding carboxylic acids is 2. The summed E-state index contributed by atoms with van der Waals surface area (Å²) in [5.74, 6) is 0.621. The lowest BCUT2D eigenvalue weighted by Crippen LogP contribution is -2.51. The number of hydroxylamine groups is 2. The van der Waals surface area contributed by atoms with Gasteiger partial charge in [0, 0.05) is 49.7 Å². The summed E-state index contributed by atoms with van der Waals surface area (Å²) in [6.07, 6.45) is 7.73. The van der Waals surface area contributed by atoms with Crippen molar-refractivity contribution in [3.05, 3.63) is 78.4 Å². The van der Waals surface area contributed by atoms with Crippen molar-refractivity contribution in [1.29, 1.82) is 0 Å². The fourth-order valence-corrected chi connectivity index (χ4v) is 6.76. The molecule has 1 N–H and O–H groups in total. The van der Waals surface area contributed by atoms with E-state index in [9.17, 15) is 9.59 Å². The third-order valence-corrected chi connectivity index (χ3v) is 9.12. The molecule has 2 heterocycles. The molecule has 2 aromatic carbocycles. The Morgan fingerprint density at radius 1 is 1.05 bits per heavy atom. The molecule has 0 bridgehead atoms. The van der Waals surface area contributed by atoms with Crippen molar-refractivity contribution < 1.29 is 14.4 Å². The number of nitrogens with one attached hydrogen (secondary N) is 1. The molecule has 1 saturated carbocycles. The maximum Gasteiger partial charge on any atom is 0.322 e. The zero-order valence-corrected chi connectivity index (χ0v) is 24.1. The van der Waals surface area contributed by atoms with Crippen LogP contribution in [-0.2, 0) is 15.2 Å². The first-order chi connectivity index (χ1) is 19.4. The topological polar surface area (TPSA) is 65.1 Å². The van der Waals surface area contributed by atoms with Crippen LogP contribution in [0.1, 0.15) is 56.6 Å². The van der Waals surface area contributed by atoms with Crippen LogP contribution in [0.5, 0.6) is 0 Å². The maximum atomic E-state index is 13.4. The summed E-state index contributed by atoms with van der Waals surface area (Å²) < 4.78 is 0. The normalized spacial score (nSPS) is 24.2. The molecular weight excluding hydrogens is 500 g/mol. The summed E-state index contributed by atoms with van der Waals surface area (Å²) in [4.78, 5) is 37.6. The molecule has 0 unspecified atom stereocenters. The maximum absolute atomic E-state index is 13.4. The molecule has 5 rings (SSSR count). The third-order valence-electron chi connectivity index (χ3n) is 9.12. The number of rotatable bonds is 8. The molecule has 7 heteroatoms. The first kappa shape index (κ1) is 28.4. The Morgan fingerprint density at radius 3 is 2.40 bits per heavy atom. The van der Waals surface area contributed by atoms with E-state index in [-0.39, 0.29) is 23.9 Å². The van der Waals surface area contributed by atoms with Crippen LogP contribution in [-0.4, -0.2) is 65.6 Å². The monoisotopic (exact) mass is 544 g/mol. The molecule has 3 fully saturated rings. The number of likely N-dealkylation sites (tertiary alicyclic amines) is 1. The molecule has 0 aromatic heterocycles. The SMILES string of the molecule is C=CCN(C(=O)Nc1ccccc1C)C1CCN(O[C@]2(c3ccccc3)CN(C(=O)C3CCCC3)C[C@@H]2C)CC1. The van der Waals surface area contributed by atoms with Crippen molar-refractivity contribution in [2.45, 2.75) is 64.0 Å². The molecule has 2 aliphatic heterocycles. The van der Waals surface area contributed by atoms with Crippen LogP contribution < -0.4 is 5.32 Å². The van der Waals surface area contributed by atoms with Crippen molar-refractivity contribution in [2.75, 3.05) is 38.0 Å². The quantitative estimate of drug-likeness (QED) is 0.416. The zero-order chi connectivity index (χ0) is 28.1. The average Bonchev–Trinajstić information content (AvgIpc) is 3.63. The van der Waals surface area contributed by atoms with Gasteiger partial charge in [0.2, 0.25) is 5.91 Å². The van der Waals surface area contributed by atoms with Gasteiger partial charge < -0.3 is 15.1 Å². The third kappa shape index (κ3) is 5.96. The van der Waals surface area contributed by atoms with Crippen LogP contribution in [0.3, 0.4) is 0 Å². The average molecular weight is 545 g/mol. The highest BCUT2D eigenvalue weighted by atomic mass is 16.7. The van der Waals surface area contributed by atoms with Crippen molar-refractivity contribution >= 4 is 17.6 Å². The van der Waals surface area contributed by atoms with Crippen LogP contribution >= 0.6 is 0 Å². The minimum absolute atomic E-state index is 0.0935. The lowest BCUT2D eigenvalue weighted by atomic mass is 9.85. The van der Waals surface area contributed by atoms with E-state index in [0.29, 0.717) is 38.6 Å². The van der Waals surface area contributed by atoms with Crippen molar-refractivity contribution in [3.63, 3.8) is 0 Å². The molecule has 40 heavy (non-hydrogen) atoms. The van der Waals surface area contributed by atoms with E-state index in [4.69, 9.17) is 4.84 Å². The number of carbonyl (C=O) groups is 2. The second-order valence-corrected chi connectivity index (χ2v) is 11.8. The summed E-state index contributed by atoms with van der Waals surface area (Å²) in [5.41, 5.74) is 2.41. The number of hydrogen-bond acceptors (Lipinski definition) is 4. The van der Waals surface area contributed by atoms with Crippen LogP contribution in [0.15, 0.2) is 67.3 Å². The van der Waals surface area contributed by atoms with Gasteiger partial charge >= 0.3 is 6.03 Å². The minimum Gasteiger partial charge on any atom is -0.339 e. The molecular formula is C33H44N4O3. The van der Waals surface area contributed by atoms with Gasteiger partial charge in [0.15, 0.2) is 0 Å². The number of aryl methyl sites for hydroxylation is 1. The number of urea groups is 1. The molecule has 3 amide bonds. The van der Waals surface area contributed by atoms with E-state index in [0.717, 1.165) is 55.3 Å². The number of nitrogens with zero attached hydrogens (tertiary/aromatic N) is 3.